The Hall–Kier alpha value is -0.120. The molecule has 9 heavy (non-hydrogen) atoms. The average molecular weight is 130 g/mol. The molecule has 0 aromatic rings. The van der Waals surface area contributed by atoms with E-state index in [2.05, 4.69) is 0 Å². The third-order valence-electron chi connectivity index (χ3n) is 2.01. The molecule has 0 aromatic heterocycles. The highest BCUT2D eigenvalue weighted by molar-refractivity contribution is 4.85. The first-order valence-electron chi connectivity index (χ1n) is 3.37. The van der Waals surface area contributed by atoms with Crippen LogP contribution in [-0.2, 0) is 0 Å². The predicted molar refractivity (Wildman–Crippen MR) is 35.8 cm³/mol. The van der Waals surface area contributed by atoms with Crippen molar-refractivity contribution in [1.29, 1.82) is 0 Å². The third-order valence-corrected chi connectivity index (χ3v) is 2.01. The molecule has 0 amide bonds. The van der Waals surface area contributed by atoms with Crippen LogP contribution in [-0.4, -0.2) is 23.8 Å². The molecule has 0 heterocycles. The molecule has 0 aliphatic heterocycles. The molecule has 1 rings (SSSR count). The van der Waals surface area contributed by atoms with Crippen molar-refractivity contribution in [3.05, 3.63) is 0 Å². The minimum absolute atomic E-state index is 0.0291. The molecule has 54 valence electrons. The van der Waals surface area contributed by atoms with E-state index in [0.29, 0.717) is 12.5 Å². The summed E-state index contributed by atoms with van der Waals surface area (Å²) in [6.45, 7) is 0.658. The fraction of sp³-hybridized carbons (Fsp3) is 1.00. The van der Waals surface area contributed by atoms with Gasteiger partial charge in [-0.3, -0.25) is 0 Å². The standard InChI is InChI=1S/C6H14N2O/c7-3-4-1-5(8)6(9)2-4/h4-6,9H,1-3,7-8H2/t4-,5+,6+/m1/s1. The topological polar surface area (TPSA) is 72.3 Å². The van der Waals surface area contributed by atoms with Gasteiger partial charge in [-0.25, -0.2) is 0 Å². The third kappa shape index (κ3) is 1.41. The van der Waals surface area contributed by atoms with Gasteiger partial charge in [0.05, 0.1) is 6.10 Å². The molecular weight excluding hydrogens is 116 g/mol. The van der Waals surface area contributed by atoms with E-state index < -0.39 is 0 Å². The molecule has 0 radical (unpaired) electrons. The molecule has 0 saturated heterocycles. The van der Waals surface area contributed by atoms with Crippen LogP contribution in [0.3, 0.4) is 0 Å². The highest BCUT2D eigenvalue weighted by Gasteiger charge is 2.28. The number of aliphatic hydroxyl groups excluding tert-OH is 1. The Kier molecular flexibility index (Phi) is 2.05. The van der Waals surface area contributed by atoms with Crippen LogP contribution in [0.1, 0.15) is 12.8 Å². The van der Waals surface area contributed by atoms with Crippen molar-refractivity contribution in [2.24, 2.45) is 17.4 Å². The van der Waals surface area contributed by atoms with Crippen LogP contribution in [0.25, 0.3) is 0 Å². The van der Waals surface area contributed by atoms with E-state index in [1.807, 2.05) is 0 Å². The molecule has 3 nitrogen and oxygen atoms in total. The van der Waals surface area contributed by atoms with E-state index in [0.717, 1.165) is 12.8 Å². The van der Waals surface area contributed by atoms with Crippen LogP contribution in [0.4, 0.5) is 0 Å². The van der Waals surface area contributed by atoms with Crippen molar-refractivity contribution in [3.63, 3.8) is 0 Å². The molecule has 1 fully saturated rings. The Morgan fingerprint density at radius 1 is 1.44 bits per heavy atom. The second-order valence-corrected chi connectivity index (χ2v) is 2.80. The van der Waals surface area contributed by atoms with Gasteiger partial charge in [0.25, 0.3) is 0 Å². The van der Waals surface area contributed by atoms with E-state index in [4.69, 9.17) is 16.6 Å². The van der Waals surface area contributed by atoms with E-state index in [-0.39, 0.29) is 12.1 Å². The van der Waals surface area contributed by atoms with Crippen LogP contribution >= 0.6 is 0 Å². The molecular formula is C6H14N2O. The summed E-state index contributed by atoms with van der Waals surface area (Å²) in [5, 5.41) is 9.12. The summed E-state index contributed by atoms with van der Waals surface area (Å²) >= 11 is 0. The van der Waals surface area contributed by atoms with Gasteiger partial charge in [0.15, 0.2) is 0 Å². The van der Waals surface area contributed by atoms with Gasteiger partial charge in [-0.1, -0.05) is 0 Å². The second-order valence-electron chi connectivity index (χ2n) is 2.80. The highest BCUT2D eigenvalue weighted by atomic mass is 16.3. The highest BCUT2D eigenvalue weighted by Crippen LogP contribution is 2.23. The molecule has 1 aliphatic carbocycles. The van der Waals surface area contributed by atoms with Gasteiger partial charge >= 0.3 is 0 Å². The van der Waals surface area contributed by atoms with Gasteiger partial charge in [-0.05, 0) is 25.3 Å². The first-order chi connectivity index (χ1) is 4.24. The van der Waals surface area contributed by atoms with E-state index in [1.54, 1.807) is 0 Å². The molecule has 3 atom stereocenters. The smallest absolute Gasteiger partial charge is 0.0694 e. The monoisotopic (exact) mass is 130 g/mol. The van der Waals surface area contributed by atoms with Crippen LogP contribution in [0.15, 0.2) is 0 Å². The number of hydrogen-bond acceptors (Lipinski definition) is 3. The molecule has 0 unspecified atom stereocenters. The largest absolute Gasteiger partial charge is 0.392 e. The zero-order valence-corrected chi connectivity index (χ0v) is 5.46. The first-order valence-corrected chi connectivity index (χ1v) is 3.37. The normalized spacial score (nSPS) is 43.7. The quantitative estimate of drug-likeness (QED) is 0.428. The molecule has 3 heteroatoms. The number of aliphatic hydroxyl groups is 1. The molecule has 0 spiro atoms. The summed E-state index contributed by atoms with van der Waals surface area (Å²) < 4.78 is 0. The zero-order valence-electron chi connectivity index (χ0n) is 5.46. The van der Waals surface area contributed by atoms with Crippen LogP contribution < -0.4 is 11.5 Å². The maximum Gasteiger partial charge on any atom is 0.0694 e. The van der Waals surface area contributed by atoms with Crippen molar-refractivity contribution >= 4 is 0 Å². The molecule has 1 saturated carbocycles. The van der Waals surface area contributed by atoms with Gasteiger partial charge < -0.3 is 16.6 Å². The second kappa shape index (κ2) is 2.64. The van der Waals surface area contributed by atoms with Gasteiger partial charge in [0.2, 0.25) is 0 Å². The van der Waals surface area contributed by atoms with Gasteiger partial charge in [-0.15, -0.1) is 0 Å². The summed E-state index contributed by atoms with van der Waals surface area (Å²) in [6.07, 6.45) is 1.37. The van der Waals surface area contributed by atoms with Crippen molar-refractivity contribution in [2.75, 3.05) is 6.54 Å². The number of hydrogen-bond donors (Lipinski definition) is 3. The summed E-state index contributed by atoms with van der Waals surface area (Å²) in [5.41, 5.74) is 10.9. The Morgan fingerprint density at radius 2 is 2.11 bits per heavy atom. The van der Waals surface area contributed by atoms with Gasteiger partial charge in [-0.2, -0.15) is 0 Å². The van der Waals surface area contributed by atoms with Crippen molar-refractivity contribution in [1.82, 2.24) is 0 Å². The SMILES string of the molecule is NC[C@@H]1C[C@H](N)[C@@H](O)C1. The maximum atomic E-state index is 9.12. The number of rotatable bonds is 1. The average Bonchev–Trinajstić information content (AvgIpc) is 2.13. The zero-order chi connectivity index (χ0) is 6.85. The van der Waals surface area contributed by atoms with Gasteiger partial charge in [0, 0.05) is 6.04 Å². The van der Waals surface area contributed by atoms with E-state index >= 15 is 0 Å². The lowest BCUT2D eigenvalue weighted by Gasteiger charge is -2.04. The van der Waals surface area contributed by atoms with Crippen LogP contribution in [0.2, 0.25) is 0 Å². The fourth-order valence-electron chi connectivity index (χ4n) is 1.35. The Labute approximate surface area is 55.0 Å². The van der Waals surface area contributed by atoms with Crippen molar-refractivity contribution in [3.8, 4) is 0 Å². The Morgan fingerprint density at radius 3 is 2.33 bits per heavy atom. The lowest BCUT2D eigenvalue weighted by Crippen LogP contribution is -2.28. The Balaban J connectivity index is 2.35. The fourth-order valence-corrected chi connectivity index (χ4v) is 1.35. The lowest BCUT2D eigenvalue weighted by atomic mass is 10.1. The first kappa shape index (κ1) is 6.99. The molecule has 0 aromatic carbocycles. The Bertz CT molecular complexity index is 87.1. The van der Waals surface area contributed by atoms with E-state index in [9.17, 15) is 0 Å². The number of nitrogens with two attached hydrogens (primary N) is 2. The summed E-state index contributed by atoms with van der Waals surface area (Å²) in [6, 6.07) is -0.0291. The summed E-state index contributed by atoms with van der Waals surface area (Å²) in [4.78, 5) is 0. The maximum absolute atomic E-state index is 9.12. The van der Waals surface area contributed by atoms with Crippen LogP contribution in [0, 0.1) is 5.92 Å². The predicted octanol–water partition coefficient (Wildman–Crippen LogP) is -0.957. The summed E-state index contributed by atoms with van der Waals surface area (Å²) in [5.74, 6) is 0.454. The molecule has 5 N–H and O–H groups in total. The minimum Gasteiger partial charge on any atom is -0.392 e. The summed E-state index contributed by atoms with van der Waals surface area (Å²) in [7, 11) is 0. The van der Waals surface area contributed by atoms with Crippen LogP contribution in [0.5, 0.6) is 0 Å². The van der Waals surface area contributed by atoms with E-state index in [1.165, 1.54) is 0 Å². The molecule has 0 bridgehead atoms. The molecule has 1 aliphatic rings. The van der Waals surface area contributed by atoms with Crippen molar-refractivity contribution < 1.29 is 5.11 Å². The lowest BCUT2D eigenvalue weighted by molar-refractivity contribution is 0.162. The van der Waals surface area contributed by atoms with Gasteiger partial charge in [0.1, 0.15) is 0 Å². The minimum atomic E-state index is -0.307. The van der Waals surface area contributed by atoms with Crippen molar-refractivity contribution in [2.45, 2.75) is 25.0 Å².